The second-order valence-electron chi connectivity index (χ2n) is 9.39. The summed E-state index contributed by atoms with van der Waals surface area (Å²) in [6.07, 6.45) is 6.40. The van der Waals surface area contributed by atoms with Crippen LogP contribution >= 0.6 is 11.3 Å². The highest BCUT2D eigenvalue weighted by atomic mass is 32.1. The average Bonchev–Trinajstić information content (AvgIpc) is 3.50. The molecule has 2 aromatic carbocycles. The maximum atomic E-state index is 14.4. The SMILES string of the molecule is COC(=O)c1cccc(NC(=O)N2Cc3c(sc4c3CCCC4)-n3cccc3[C@H]2c2cccc(F)c2)c1. The number of amides is 2. The van der Waals surface area contributed by atoms with E-state index < -0.39 is 12.0 Å². The van der Waals surface area contributed by atoms with Crippen LogP contribution in [0.25, 0.3) is 5.00 Å². The number of halogens is 1. The van der Waals surface area contributed by atoms with Gasteiger partial charge in [0, 0.05) is 22.3 Å². The lowest BCUT2D eigenvalue weighted by Crippen LogP contribution is -2.38. The third-order valence-electron chi connectivity index (χ3n) is 7.14. The molecule has 188 valence electrons. The Morgan fingerprint density at radius 2 is 1.86 bits per heavy atom. The van der Waals surface area contributed by atoms with E-state index in [0.717, 1.165) is 35.5 Å². The van der Waals surface area contributed by atoms with Crippen molar-refractivity contribution < 1.29 is 18.7 Å². The normalized spacial score (nSPS) is 16.3. The predicted molar refractivity (Wildman–Crippen MR) is 141 cm³/mol. The number of hydrogen-bond donors (Lipinski definition) is 1. The molecule has 1 aliphatic carbocycles. The molecule has 0 radical (unpaired) electrons. The van der Waals surface area contributed by atoms with E-state index in [1.165, 1.54) is 36.1 Å². The van der Waals surface area contributed by atoms with Crippen molar-refractivity contribution in [1.29, 1.82) is 0 Å². The van der Waals surface area contributed by atoms with Crippen molar-refractivity contribution in [1.82, 2.24) is 9.47 Å². The van der Waals surface area contributed by atoms with Crippen LogP contribution < -0.4 is 5.32 Å². The molecule has 2 aliphatic rings. The number of nitrogens with one attached hydrogen (secondary N) is 1. The van der Waals surface area contributed by atoms with E-state index in [4.69, 9.17) is 4.74 Å². The fourth-order valence-corrected chi connectivity index (χ4v) is 6.85. The lowest BCUT2D eigenvalue weighted by molar-refractivity contribution is 0.0600. The third-order valence-corrected chi connectivity index (χ3v) is 8.47. The molecular weight excluding hydrogens is 489 g/mol. The van der Waals surface area contributed by atoms with E-state index in [1.807, 2.05) is 24.4 Å². The first kappa shape index (κ1) is 23.5. The summed E-state index contributed by atoms with van der Waals surface area (Å²) in [6.45, 7) is 0.395. The Balaban J connectivity index is 1.46. The molecule has 2 amide bonds. The fourth-order valence-electron chi connectivity index (χ4n) is 5.45. The molecule has 0 unspecified atom stereocenters. The van der Waals surface area contributed by atoms with E-state index in [-0.39, 0.29) is 11.8 Å². The van der Waals surface area contributed by atoms with E-state index >= 15 is 0 Å². The van der Waals surface area contributed by atoms with Gasteiger partial charge in [-0.15, -0.1) is 11.3 Å². The van der Waals surface area contributed by atoms with Crippen LogP contribution in [0, 0.1) is 5.82 Å². The summed E-state index contributed by atoms with van der Waals surface area (Å²) in [4.78, 5) is 29.2. The zero-order valence-electron chi connectivity index (χ0n) is 20.4. The van der Waals surface area contributed by atoms with Gasteiger partial charge in [0.1, 0.15) is 10.8 Å². The first-order valence-electron chi connectivity index (χ1n) is 12.4. The molecule has 4 aromatic rings. The third kappa shape index (κ3) is 4.21. The lowest BCUT2D eigenvalue weighted by atomic mass is 9.95. The molecule has 0 bridgehead atoms. The molecule has 6 nitrogen and oxygen atoms in total. The quantitative estimate of drug-likeness (QED) is 0.318. The smallest absolute Gasteiger partial charge is 0.337 e. The first-order chi connectivity index (χ1) is 18.0. The molecule has 3 heterocycles. The van der Waals surface area contributed by atoms with Gasteiger partial charge in [0.05, 0.1) is 31.0 Å². The minimum absolute atomic E-state index is 0.326. The highest BCUT2D eigenvalue weighted by molar-refractivity contribution is 7.15. The molecule has 0 saturated heterocycles. The van der Waals surface area contributed by atoms with Gasteiger partial charge < -0.3 is 19.5 Å². The van der Waals surface area contributed by atoms with Crippen LogP contribution in [0.5, 0.6) is 0 Å². The van der Waals surface area contributed by atoms with Gasteiger partial charge in [-0.05, 0) is 79.3 Å². The highest BCUT2D eigenvalue weighted by Crippen LogP contribution is 2.44. The van der Waals surface area contributed by atoms with Crippen LogP contribution in [0.2, 0.25) is 0 Å². The maximum absolute atomic E-state index is 14.4. The summed E-state index contributed by atoms with van der Waals surface area (Å²) in [5.74, 6) is -0.825. The van der Waals surface area contributed by atoms with Crippen molar-refractivity contribution in [2.45, 2.75) is 38.3 Å². The lowest BCUT2D eigenvalue weighted by Gasteiger charge is -2.31. The van der Waals surface area contributed by atoms with Crippen LogP contribution in [-0.2, 0) is 24.1 Å². The van der Waals surface area contributed by atoms with E-state index in [0.29, 0.717) is 23.4 Å². The Bertz CT molecular complexity index is 1510. The number of nitrogens with zero attached hydrogens (tertiary/aromatic N) is 2. The number of aromatic nitrogens is 1. The second-order valence-corrected chi connectivity index (χ2v) is 10.5. The maximum Gasteiger partial charge on any atom is 0.337 e. The van der Waals surface area contributed by atoms with Gasteiger partial charge in [0.25, 0.3) is 0 Å². The summed E-state index contributed by atoms with van der Waals surface area (Å²) >= 11 is 1.80. The summed E-state index contributed by atoms with van der Waals surface area (Å²) in [6, 6.07) is 16.3. The van der Waals surface area contributed by atoms with E-state index in [2.05, 4.69) is 9.88 Å². The fraction of sp³-hybridized carbons (Fsp3) is 0.241. The zero-order valence-corrected chi connectivity index (χ0v) is 21.2. The van der Waals surface area contributed by atoms with Crippen molar-refractivity contribution in [3.63, 3.8) is 0 Å². The van der Waals surface area contributed by atoms with Gasteiger partial charge in [-0.2, -0.15) is 0 Å². The van der Waals surface area contributed by atoms with Crippen molar-refractivity contribution in [3.05, 3.63) is 106 Å². The molecule has 1 aliphatic heterocycles. The van der Waals surface area contributed by atoms with Crippen LogP contribution in [-0.4, -0.2) is 28.6 Å². The number of esters is 1. The topological polar surface area (TPSA) is 63.6 Å². The molecule has 37 heavy (non-hydrogen) atoms. The number of carbonyl (C=O) groups is 2. The summed E-state index contributed by atoms with van der Waals surface area (Å²) in [5, 5.41) is 4.11. The van der Waals surface area contributed by atoms with Gasteiger partial charge in [0.15, 0.2) is 0 Å². The van der Waals surface area contributed by atoms with Gasteiger partial charge in [-0.25, -0.2) is 14.0 Å². The molecule has 6 rings (SSSR count). The largest absolute Gasteiger partial charge is 0.465 e. The van der Waals surface area contributed by atoms with E-state index in [9.17, 15) is 14.0 Å². The van der Waals surface area contributed by atoms with Gasteiger partial charge >= 0.3 is 12.0 Å². The molecule has 1 N–H and O–H groups in total. The van der Waals surface area contributed by atoms with Crippen LogP contribution in [0.1, 0.15) is 56.5 Å². The predicted octanol–water partition coefficient (Wildman–Crippen LogP) is 6.48. The second kappa shape index (κ2) is 9.52. The van der Waals surface area contributed by atoms with Crippen molar-refractivity contribution in [3.8, 4) is 5.00 Å². The first-order valence-corrected chi connectivity index (χ1v) is 13.2. The van der Waals surface area contributed by atoms with Crippen molar-refractivity contribution in [2.75, 3.05) is 12.4 Å². The Labute approximate surface area is 218 Å². The standard InChI is InChI=1S/C29H26FN3O3S/c1-36-28(34)19-8-5-10-21(16-19)31-29(35)33-17-23-22-11-2-3-13-25(22)37-27(23)32-14-6-12-24(32)26(33)18-7-4-9-20(30)15-18/h4-10,12,14-16,26H,2-3,11,13,17H2,1H3,(H,31,35)/t26-/m1/s1. The Morgan fingerprint density at radius 3 is 2.70 bits per heavy atom. The number of aryl methyl sites for hydroxylation is 1. The van der Waals surface area contributed by atoms with Crippen molar-refractivity contribution >= 4 is 29.0 Å². The molecule has 1 atom stereocenters. The van der Waals surface area contributed by atoms with Crippen LogP contribution in [0.3, 0.4) is 0 Å². The number of ether oxygens (including phenoxy) is 1. The molecule has 8 heteroatoms. The number of hydrogen-bond acceptors (Lipinski definition) is 4. The summed E-state index contributed by atoms with van der Waals surface area (Å²) < 4.78 is 21.4. The average molecular weight is 516 g/mol. The molecular formula is C29H26FN3O3S. The van der Waals surface area contributed by atoms with Gasteiger partial charge in [0.2, 0.25) is 0 Å². The summed E-state index contributed by atoms with van der Waals surface area (Å²) in [7, 11) is 1.32. The van der Waals surface area contributed by atoms with Gasteiger partial charge in [-0.1, -0.05) is 18.2 Å². The zero-order chi connectivity index (χ0) is 25.5. The number of methoxy groups -OCH3 is 1. The molecule has 0 saturated carbocycles. The molecule has 2 aromatic heterocycles. The van der Waals surface area contributed by atoms with Crippen LogP contribution in [0.4, 0.5) is 14.9 Å². The number of fused-ring (bicyclic) bond motifs is 5. The monoisotopic (exact) mass is 515 g/mol. The number of carbonyl (C=O) groups excluding carboxylic acids is 2. The molecule has 0 fully saturated rings. The Kier molecular flexibility index (Phi) is 6.04. The van der Waals surface area contributed by atoms with Gasteiger partial charge in [-0.3, -0.25) is 0 Å². The molecule has 0 spiro atoms. The number of benzene rings is 2. The summed E-state index contributed by atoms with van der Waals surface area (Å²) in [5.41, 5.74) is 4.94. The highest BCUT2D eigenvalue weighted by Gasteiger charge is 2.36. The number of anilines is 1. The van der Waals surface area contributed by atoms with Crippen LogP contribution in [0.15, 0.2) is 66.9 Å². The van der Waals surface area contributed by atoms with E-state index in [1.54, 1.807) is 46.6 Å². The van der Waals surface area contributed by atoms with Crippen molar-refractivity contribution in [2.24, 2.45) is 0 Å². The minimum atomic E-state index is -0.506. The Hall–Kier alpha value is -3.91. The minimum Gasteiger partial charge on any atom is -0.465 e. The number of urea groups is 1. The number of rotatable bonds is 3. The Morgan fingerprint density at radius 1 is 1.03 bits per heavy atom. The number of thiophene rings is 1.